The molecule has 7 rings (SSSR count). The number of amides is 2. The molecular formula is C36H35F4N9O6. The molecule has 1 saturated heterocycles. The topological polar surface area (TPSA) is 170 Å². The third-order valence-electron chi connectivity index (χ3n) is 10.0. The number of piperazine rings is 1. The molecule has 2 fully saturated rings. The van der Waals surface area contributed by atoms with E-state index in [0.717, 1.165) is 6.07 Å². The van der Waals surface area contributed by atoms with Crippen LogP contribution in [0.5, 0.6) is 11.8 Å². The van der Waals surface area contributed by atoms with Crippen molar-refractivity contribution in [3.8, 4) is 17.4 Å². The van der Waals surface area contributed by atoms with Crippen molar-refractivity contribution < 1.29 is 36.6 Å². The summed E-state index contributed by atoms with van der Waals surface area (Å²) < 4.78 is 66.4. The Bertz CT molecular complexity index is 2460. The lowest BCUT2D eigenvalue weighted by molar-refractivity contribution is -0.137. The standard InChI is InChI=1S/C36H35F4N9O6/c1-5-23-30(46-12-13-47(25-9-8-24(25)46)35(53)28-31(51)18(2)16-42-34(28)55-4)32(52)29-33(45-49(44-29)20-10-11-41-27(15-20)54-3)48(23)17-26(50)43-22-7-6-19(14-21(22)37)36(38,39)40/h6-7,10-11,14-16,24-25H,5,8-9,12-13,17H2,1-4H3,(H,42,51)(H,43,50)/t24-,25-/m0/s1. The van der Waals surface area contributed by atoms with Gasteiger partial charge in [0.2, 0.25) is 28.5 Å². The first-order valence-electron chi connectivity index (χ1n) is 17.3. The summed E-state index contributed by atoms with van der Waals surface area (Å²) in [7, 11) is 2.79. The number of pyridine rings is 3. The molecule has 0 bridgehead atoms. The van der Waals surface area contributed by atoms with Crippen LogP contribution in [-0.4, -0.2) is 85.6 Å². The van der Waals surface area contributed by atoms with Gasteiger partial charge < -0.3 is 34.1 Å². The van der Waals surface area contributed by atoms with Crippen LogP contribution in [0.3, 0.4) is 0 Å². The largest absolute Gasteiger partial charge is 0.482 e. The van der Waals surface area contributed by atoms with E-state index in [1.165, 1.54) is 36.0 Å². The number of methoxy groups -OCH3 is 2. The van der Waals surface area contributed by atoms with E-state index in [4.69, 9.17) is 9.47 Å². The molecule has 1 aromatic carbocycles. The van der Waals surface area contributed by atoms with Gasteiger partial charge in [-0.15, -0.1) is 15.0 Å². The number of alkyl halides is 3. The van der Waals surface area contributed by atoms with Crippen molar-refractivity contribution in [1.82, 2.24) is 34.4 Å². The molecule has 19 heteroatoms. The number of halogens is 4. The van der Waals surface area contributed by atoms with E-state index >= 15 is 0 Å². The summed E-state index contributed by atoms with van der Waals surface area (Å²) in [5.74, 6) is -2.29. The number of hydrogen-bond acceptors (Lipinski definition) is 10. The summed E-state index contributed by atoms with van der Waals surface area (Å²) in [5, 5.41) is 11.4. The van der Waals surface area contributed by atoms with Crippen LogP contribution in [0.1, 0.15) is 46.9 Å². The predicted molar refractivity (Wildman–Crippen MR) is 190 cm³/mol. The third-order valence-corrected chi connectivity index (χ3v) is 10.0. The molecule has 4 aromatic heterocycles. The highest BCUT2D eigenvalue weighted by atomic mass is 19.4. The lowest BCUT2D eigenvalue weighted by atomic mass is 9.81. The third kappa shape index (κ3) is 6.52. The number of rotatable bonds is 9. The summed E-state index contributed by atoms with van der Waals surface area (Å²) in [6.45, 7) is 3.18. The van der Waals surface area contributed by atoms with Crippen molar-refractivity contribution in [3.05, 3.63) is 91.4 Å². The first-order valence-corrected chi connectivity index (χ1v) is 17.3. The predicted octanol–water partition coefficient (Wildman–Crippen LogP) is 3.84. The average molecular weight is 766 g/mol. The number of carbonyl (C=O) groups excluding carboxylic acids is 2. The quantitative estimate of drug-likeness (QED) is 0.210. The first kappa shape index (κ1) is 37.1. The van der Waals surface area contributed by atoms with Gasteiger partial charge in [-0.25, -0.2) is 9.37 Å². The van der Waals surface area contributed by atoms with Gasteiger partial charge in [-0.1, -0.05) is 6.92 Å². The maximum atomic E-state index is 14.8. The van der Waals surface area contributed by atoms with Crippen LogP contribution in [0.4, 0.5) is 28.9 Å². The molecule has 5 heterocycles. The molecule has 0 spiro atoms. The van der Waals surface area contributed by atoms with Crippen molar-refractivity contribution in [1.29, 1.82) is 0 Å². The summed E-state index contributed by atoms with van der Waals surface area (Å²) >= 11 is 0. The zero-order valence-electron chi connectivity index (χ0n) is 30.0. The average Bonchev–Trinajstić information content (AvgIpc) is 3.60. The number of ether oxygens (including phenoxy) is 2. The van der Waals surface area contributed by atoms with Crippen LogP contribution in [0.15, 0.2) is 52.3 Å². The number of nitrogens with zero attached hydrogens (tertiary/aromatic N) is 7. The molecular weight excluding hydrogens is 730 g/mol. The Kier molecular flexibility index (Phi) is 9.56. The molecule has 1 aliphatic heterocycles. The van der Waals surface area contributed by atoms with Crippen molar-refractivity contribution in [2.75, 3.05) is 37.5 Å². The van der Waals surface area contributed by atoms with Crippen LogP contribution in [-0.2, 0) is 23.9 Å². The second-order valence-corrected chi connectivity index (χ2v) is 13.1. The molecule has 5 aromatic rings. The summed E-state index contributed by atoms with van der Waals surface area (Å²) in [4.78, 5) is 66.8. The van der Waals surface area contributed by atoms with Gasteiger partial charge in [0.05, 0.1) is 37.2 Å². The van der Waals surface area contributed by atoms with E-state index in [9.17, 15) is 36.7 Å². The van der Waals surface area contributed by atoms with Gasteiger partial charge in [0.15, 0.2) is 11.2 Å². The molecule has 2 atom stereocenters. The zero-order chi connectivity index (χ0) is 39.3. The Morgan fingerprint density at radius 3 is 2.44 bits per heavy atom. The molecule has 0 radical (unpaired) electrons. The molecule has 55 heavy (non-hydrogen) atoms. The molecule has 288 valence electrons. The Balaban J connectivity index is 1.30. The Morgan fingerprint density at radius 1 is 1.02 bits per heavy atom. The molecule has 15 nitrogen and oxygen atoms in total. The molecule has 2 aliphatic rings. The van der Waals surface area contributed by atoms with Crippen LogP contribution in [0.2, 0.25) is 0 Å². The van der Waals surface area contributed by atoms with Crippen LogP contribution in [0.25, 0.3) is 16.9 Å². The van der Waals surface area contributed by atoms with Crippen molar-refractivity contribution in [2.45, 2.75) is 57.9 Å². The second-order valence-electron chi connectivity index (χ2n) is 13.1. The molecule has 2 amide bonds. The lowest BCUT2D eigenvalue weighted by Crippen LogP contribution is -2.67. The fraction of sp³-hybridized carbons (Fsp3) is 0.361. The SMILES string of the molecule is CCc1c(N2CCN(C(=O)c3c(OC)[nH]cc(C)c3=O)[C@H]3CC[C@@H]32)c(=O)c2nn(-c3ccnc(OC)c3)nc2n1CC(=O)Nc1ccc(C(F)(F)F)cc1F. The second kappa shape index (κ2) is 14.2. The van der Waals surface area contributed by atoms with Gasteiger partial charge in [-0.3, -0.25) is 19.2 Å². The van der Waals surface area contributed by atoms with Crippen LogP contribution >= 0.6 is 0 Å². The Morgan fingerprint density at radius 2 is 1.78 bits per heavy atom. The minimum Gasteiger partial charge on any atom is -0.482 e. The molecule has 0 unspecified atom stereocenters. The van der Waals surface area contributed by atoms with E-state index in [-0.39, 0.29) is 65.8 Å². The van der Waals surface area contributed by atoms with E-state index in [2.05, 4.69) is 25.5 Å². The van der Waals surface area contributed by atoms with Gasteiger partial charge >= 0.3 is 6.18 Å². The number of aryl methyl sites for hydroxylation is 1. The zero-order valence-corrected chi connectivity index (χ0v) is 30.0. The van der Waals surface area contributed by atoms with Crippen molar-refractivity contribution in [2.24, 2.45) is 0 Å². The number of aromatic amines is 1. The van der Waals surface area contributed by atoms with E-state index in [1.54, 1.807) is 30.9 Å². The van der Waals surface area contributed by atoms with E-state index < -0.39 is 52.5 Å². The number of aromatic nitrogens is 6. The van der Waals surface area contributed by atoms with Crippen LogP contribution in [0, 0.1) is 12.7 Å². The summed E-state index contributed by atoms with van der Waals surface area (Å²) in [6, 6.07) is 4.19. The maximum Gasteiger partial charge on any atom is 0.416 e. The number of anilines is 2. The number of hydrogen-bond donors (Lipinski definition) is 2. The minimum absolute atomic E-state index is 0.0224. The van der Waals surface area contributed by atoms with Crippen molar-refractivity contribution >= 4 is 34.4 Å². The first-order chi connectivity index (χ1) is 26.2. The Hall–Kier alpha value is -6.27. The van der Waals surface area contributed by atoms with E-state index in [1.807, 2.05) is 4.90 Å². The highest BCUT2D eigenvalue weighted by Gasteiger charge is 2.47. The number of nitrogens with one attached hydrogen (secondary N) is 2. The lowest BCUT2D eigenvalue weighted by Gasteiger charge is -2.54. The van der Waals surface area contributed by atoms with Gasteiger partial charge in [-0.05, 0) is 50.5 Å². The van der Waals surface area contributed by atoms with Gasteiger partial charge in [0.25, 0.3) is 5.91 Å². The number of carbonyl (C=O) groups is 2. The van der Waals surface area contributed by atoms with Gasteiger partial charge in [0.1, 0.15) is 23.6 Å². The fourth-order valence-corrected chi connectivity index (χ4v) is 7.21. The summed E-state index contributed by atoms with van der Waals surface area (Å²) in [6.07, 6.45) is -0.445. The highest BCUT2D eigenvalue weighted by Crippen LogP contribution is 2.39. The fourth-order valence-electron chi connectivity index (χ4n) is 7.21. The number of H-pyrrole nitrogens is 1. The Labute approximate surface area is 309 Å². The van der Waals surface area contributed by atoms with Crippen molar-refractivity contribution in [3.63, 3.8) is 0 Å². The van der Waals surface area contributed by atoms with Gasteiger partial charge in [0, 0.05) is 48.8 Å². The highest BCUT2D eigenvalue weighted by molar-refractivity contribution is 5.97. The molecule has 2 N–H and O–H groups in total. The van der Waals surface area contributed by atoms with Gasteiger partial charge in [-0.2, -0.15) is 13.2 Å². The van der Waals surface area contributed by atoms with E-state index in [0.29, 0.717) is 41.9 Å². The summed E-state index contributed by atoms with van der Waals surface area (Å²) in [5.41, 5.74) is -1.45. The molecule has 1 aliphatic carbocycles. The normalized spacial score (nSPS) is 16.8. The van der Waals surface area contributed by atoms with Crippen LogP contribution < -0.4 is 30.5 Å². The maximum absolute atomic E-state index is 14.8. The molecule has 1 saturated carbocycles. The number of fused-ring (bicyclic) bond motifs is 2. The smallest absolute Gasteiger partial charge is 0.416 e. The number of benzene rings is 1. The monoisotopic (exact) mass is 765 g/mol. The minimum atomic E-state index is -4.79.